The molecule has 3 amide bonds. The van der Waals surface area contributed by atoms with Gasteiger partial charge in [-0.15, -0.1) is 0 Å². The third kappa shape index (κ3) is 3.71. The molecule has 0 atom stereocenters. The first-order valence-electron chi connectivity index (χ1n) is 8.07. The van der Waals surface area contributed by atoms with Gasteiger partial charge in [0, 0.05) is 37.8 Å². The highest BCUT2D eigenvalue weighted by Gasteiger charge is 2.23. The topological polar surface area (TPSA) is 91.7 Å². The summed E-state index contributed by atoms with van der Waals surface area (Å²) in [7, 11) is 0. The Kier molecular flexibility index (Phi) is 4.83. The third-order valence-corrected chi connectivity index (χ3v) is 4.06. The number of rotatable bonds is 5. The lowest BCUT2D eigenvalue weighted by atomic mass is 10.1. The molecule has 0 aliphatic carbocycles. The Morgan fingerprint density at radius 1 is 1.12 bits per heavy atom. The summed E-state index contributed by atoms with van der Waals surface area (Å²) in [6.45, 7) is 2.79. The average molecular weight is 341 g/mol. The highest BCUT2D eigenvalue weighted by Crippen LogP contribution is 2.28. The summed E-state index contributed by atoms with van der Waals surface area (Å²) in [5.74, 6) is -0.291. The molecule has 25 heavy (non-hydrogen) atoms. The molecule has 0 saturated heterocycles. The normalized spacial score (nSPS) is 12.6. The number of furan rings is 1. The zero-order chi connectivity index (χ0) is 17.8. The van der Waals surface area contributed by atoms with Crippen LogP contribution in [0.1, 0.15) is 33.4 Å². The molecule has 1 aromatic heterocycles. The van der Waals surface area contributed by atoms with Gasteiger partial charge in [-0.25, -0.2) is 0 Å². The molecule has 2 heterocycles. The summed E-state index contributed by atoms with van der Waals surface area (Å²) in [5.41, 5.74) is 2.41. The van der Waals surface area contributed by atoms with E-state index < -0.39 is 0 Å². The molecule has 0 fully saturated rings. The zero-order valence-electron chi connectivity index (χ0n) is 13.9. The first-order valence-corrected chi connectivity index (χ1v) is 8.07. The number of amides is 3. The van der Waals surface area contributed by atoms with Gasteiger partial charge in [0.2, 0.25) is 5.91 Å². The van der Waals surface area contributed by atoms with Crippen molar-refractivity contribution in [3.63, 3.8) is 0 Å². The summed E-state index contributed by atoms with van der Waals surface area (Å²) in [6.07, 6.45) is 2.17. The van der Waals surface area contributed by atoms with Crippen molar-refractivity contribution >= 4 is 23.4 Å². The van der Waals surface area contributed by atoms with E-state index in [4.69, 9.17) is 4.42 Å². The van der Waals surface area contributed by atoms with Crippen molar-refractivity contribution in [2.45, 2.75) is 13.3 Å². The molecule has 0 bridgehead atoms. The highest BCUT2D eigenvalue weighted by atomic mass is 16.3. The minimum Gasteiger partial charge on any atom is -0.459 e. The van der Waals surface area contributed by atoms with Crippen molar-refractivity contribution in [2.75, 3.05) is 24.5 Å². The molecule has 1 aliphatic rings. The van der Waals surface area contributed by atoms with E-state index in [1.54, 1.807) is 29.2 Å². The third-order valence-electron chi connectivity index (χ3n) is 4.06. The standard InChI is InChI=1S/C18H19N3O4/c1-12(22)21-9-6-13-11-14(4-5-15(13)21)17(23)19-7-8-20-18(24)16-3-2-10-25-16/h2-5,10-11H,6-9H2,1H3,(H,19,23)(H,20,24). The minimum atomic E-state index is -0.318. The molecule has 1 aliphatic heterocycles. The van der Waals surface area contributed by atoms with Gasteiger partial charge in [-0.1, -0.05) is 0 Å². The minimum absolute atomic E-state index is 0.00301. The largest absolute Gasteiger partial charge is 0.459 e. The van der Waals surface area contributed by atoms with Gasteiger partial charge in [-0.05, 0) is 42.3 Å². The summed E-state index contributed by atoms with van der Waals surface area (Å²) in [5, 5.41) is 5.42. The maximum absolute atomic E-state index is 12.2. The number of nitrogens with zero attached hydrogens (tertiary/aromatic N) is 1. The predicted molar refractivity (Wildman–Crippen MR) is 91.5 cm³/mol. The van der Waals surface area contributed by atoms with Gasteiger partial charge < -0.3 is 20.0 Å². The molecule has 3 rings (SSSR count). The van der Waals surface area contributed by atoms with Crippen LogP contribution in [-0.2, 0) is 11.2 Å². The molecule has 7 nitrogen and oxygen atoms in total. The number of hydrogen-bond donors (Lipinski definition) is 2. The Hall–Kier alpha value is -3.09. The van der Waals surface area contributed by atoms with Crippen LogP contribution in [0.5, 0.6) is 0 Å². The Morgan fingerprint density at radius 2 is 1.88 bits per heavy atom. The van der Waals surface area contributed by atoms with Gasteiger partial charge in [0.25, 0.3) is 11.8 Å². The second kappa shape index (κ2) is 7.21. The molecule has 2 N–H and O–H groups in total. The van der Waals surface area contributed by atoms with E-state index in [-0.39, 0.29) is 23.5 Å². The van der Waals surface area contributed by atoms with Crippen LogP contribution in [-0.4, -0.2) is 37.4 Å². The van der Waals surface area contributed by atoms with Gasteiger partial charge in [0.05, 0.1) is 6.26 Å². The molecule has 2 aromatic rings. The van der Waals surface area contributed by atoms with Crippen molar-refractivity contribution in [3.05, 3.63) is 53.5 Å². The molecule has 130 valence electrons. The summed E-state index contributed by atoms with van der Waals surface area (Å²) >= 11 is 0. The smallest absolute Gasteiger partial charge is 0.287 e. The van der Waals surface area contributed by atoms with Crippen LogP contribution >= 0.6 is 0 Å². The van der Waals surface area contributed by atoms with Crippen LogP contribution in [0.25, 0.3) is 0 Å². The van der Waals surface area contributed by atoms with Crippen molar-refractivity contribution in [1.29, 1.82) is 0 Å². The van der Waals surface area contributed by atoms with Crippen molar-refractivity contribution in [1.82, 2.24) is 10.6 Å². The number of fused-ring (bicyclic) bond motifs is 1. The summed E-state index contributed by atoms with van der Waals surface area (Å²) in [4.78, 5) is 37.2. The van der Waals surface area contributed by atoms with Crippen molar-refractivity contribution in [2.24, 2.45) is 0 Å². The van der Waals surface area contributed by atoms with Crippen LogP contribution in [0.3, 0.4) is 0 Å². The molecule has 0 spiro atoms. The molecule has 0 radical (unpaired) electrons. The van der Waals surface area contributed by atoms with E-state index in [1.165, 1.54) is 13.2 Å². The van der Waals surface area contributed by atoms with E-state index in [2.05, 4.69) is 10.6 Å². The lowest BCUT2D eigenvalue weighted by Crippen LogP contribution is -2.34. The number of carbonyl (C=O) groups excluding carboxylic acids is 3. The number of hydrogen-bond acceptors (Lipinski definition) is 4. The number of nitrogens with one attached hydrogen (secondary N) is 2. The quantitative estimate of drug-likeness (QED) is 0.803. The van der Waals surface area contributed by atoms with Crippen LogP contribution in [0.2, 0.25) is 0 Å². The van der Waals surface area contributed by atoms with Crippen LogP contribution in [0, 0.1) is 0 Å². The Labute approximate surface area is 145 Å². The fraction of sp³-hybridized carbons (Fsp3) is 0.278. The second-order valence-corrected chi connectivity index (χ2v) is 5.75. The van der Waals surface area contributed by atoms with Gasteiger partial charge in [-0.3, -0.25) is 14.4 Å². The highest BCUT2D eigenvalue weighted by molar-refractivity contribution is 5.98. The predicted octanol–water partition coefficient (Wildman–Crippen LogP) is 1.35. The van der Waals surface area contributed by atoms with Gasteiger partial charge in [-0.2, -0.15) is 0 Å². The van der Waals surface area contributed by atoms with Gasteiger partial charge in [0.15, 0.2) is 5.76 Å². The Bertz CT molecular complexity index is 799. The fourth-order valence-electron chi connectivity index (χ4n) is 2.82. The van der Waals surface area contributed by atoms with E-state index in [0.29, 0.717) is 25.2 Å². The Balaban J connectivity index is 1.51. The van der Waals surface area contributed by atoms with E-state index in [0.717, 1.165) is 17.7 Å². The second-order valence-electron chi connectivity index (χ2n) is 5.75. The SMILES string of the molecule is CC(=O)N1CCc2cc(C(=O)NCCNC(=O)c3ccco3)ccc21. The number of benzene rings is 1. The molecule has 1 aromatic carbocycles. The summed E-state index contributed by atoms with van der Waals surface area (Å²) in [6, 6.07) is 8.53. The van der Waals surface area contributed by atoms with E-state index in [9.17, 15) is 14.4 Å². The van der Waals surface area contributed by atoms with E-state index in [1.807, 2.05) is 6.07 Å². The van der Waals surface area contributed by atoms with Crippen LogP contribution in [0.4, 0.5) is 5.69 Å². The maximum atomic E-state index is 12.2. The zero-order valence-corrected chi connectivity index (χ0v) is 13.9. The first-order chi connectivity index (χ1) is 12.1. The molecule has 0 unspecified atom stereocenters. The molecular weight excluding hydrogens is 322 g/mol. The van der Waals surface area contributed by atoms with Crippen molar-refractivity contribution < 1.29 is 18.8 Å². The van der Waals surface area contributed by atoms with E-state index >= 15 is 0 Å². The lowest BCUT2D eigenvalue weighted by molar-refractivity contribution is -0.116. The lowest BCUT2D eigenvalue weighted by Gasteiger charge is -2.14. The molecule has 7 heteroatoms. The van der Waals surface area contributed by atoms with Crippen LogP contribution in [0.15, 0.2) is 41.0 Å². The van der Waals surface area contributed by atoms with Gasteiger partial charge >= 0.3 is 0 Å². The first kappa shape index (κ1) is 16.8. The number of carbonyl (C=O) groups is 3. The summed E-state index contributed by atoms with van der Waals surface area (Å²) < 4.78 is 4.98. The average Bonchev–Trinajstić information content (AvgIpc) is 3.26. The molecular formula is C18H19N3O4. The Morgan fingerprint density at radius 3 is 2.56 bits per heavy atom. The van der Waals surface area contributed by atoms with Crippen molar-refractivity contribution in [3.8, 4) is 0 Å². The fourth-order valence-corrected chi connectivity index (χ4v) is 2.82. The number of anilines is 1. The maximum Gasteiger partial charge on any atom is 0.287 e. The monoisotopic (exact) mass is 341 g/mol. The van der Waals surface area contributed by atoms with Crippen LogP contribution < -0.4 is 15.5 Å². The molecule has 0 saturated carbocycles. The van der Waals surface area contributed by atoms with Gasteiger partial charge in [0.1, 0.15) is 0 Å².